The van der Waals surface area contributed by atoms with Gasteiger partial charge in [-0.05, 0) is 62.5 Å². The number of hydrogen-bond acceptors (Lipinski definition) is 4. The summed E-state index contributed by atoms with van der Waals surface area (Å²) >= 11 is 5.67. The summed E-state index contributed by atoms with van der Waals surface area (Å²) in [6.45, 7) is 5.51. The van der Waals surface area contributed by atoms with Crippen molar-refractivity contribution in [3.8, 4) is 0 Å². The van der Waals surface area contributed by atoms with Crippen LogP contribution < -0.4 is 5.32 Å². The molecule has 2 atom stereocenters. The molecule has 0 bridgehead atoms. The van der Waals surface area contributed by atoms with E-state index < -0.39 is 9.84 Å². The van der Waals surface area contributed by atoms with Gasteiger partial charge in [0.1, 0.15) is 0 Å². The maximum absolute atomic E-state index is 11.9. The molecule has 1 N–H and O–H groups in total. The number of benzene rings is 1. The van der Waals surface area contributed by atoms with Gasteiger partial charge in [0.25, 0.3) is 0 Å². The predicted octanol–water partition coefficient (Wildman–Crippen LogP) is 2.67. The van der Waals surface area contributed by atoms with Gasteiger partial charge in [-0.3, -0.25) is 0 Å². The summed E-state index contributed by atoms with van der Waals surface area (Å²) in [7, 11) is -2.97. The summed E-state index contributed by atoms with van der Waals surface area (Å²) < 4.78 is 29.6. The van der Waals surface area contributed by atoms with E-state index in [1.165, 1.54) is 0 Å². The first-order valence-corrected chi connectivity index (χ1v) is 11.0. The van der Waals surface area contributed by atoms with Gasteiger partial charge in [0.15, 0.2) is 14.9 Å². The zero-order valence-electron chi connectivity index (χ0n) is 14.8. The first-order valence-electron chi connectivity index (χ1n) is 8.81. The monoisotopic (exact) mass is 382 g/mol. The quantitative estimate of drug-likeness (QED) is 0.808. The second-order valence-electron chi connectivity index (χ2n) is 7.09. The molecule has 7 heteroatoms. The van der Waals surface area contributed by atoms with Crippen molar-refractivity contribution in [1.82, 2.24) is 4.90 Å². The van der Waals surface area contributed by atoms with Crippen LogP contribution in [0.5, 0.6) is 0 Å². The zero-order valence-corrected chi connectivity index (χ0v) is 16.5. The van der Waals surface area contributed by atoms with E-state index in [1.54, 1.807) is 0 Å². The fourth-order valence-corrected chi connectivity index (χ4v) is 5.55. The molecule has 0 spiro atoms. The Balaban J connectivity index is 1.77. The molecular formula is C18H26N2O3S2. The van der Waals surface area contributed by atoms with Gasteiger partial charge in [0.05, 0.1) is 17.6 Å². The second-order valence-corrected chi connectivity index (χ2v) is 9.71. The van der Waals surface area contributed by atoms with Crippen molar-refractivity contribution in [2.75, 3.05) is 30.0 Å². The van der Waals surface area contributed by atoms with Crippen LogP contribution in [0.25, 0.3) is 0 Å². The number of aryl methyl sites for hydroxylation is 2. The molecule has 1 aromatic carbocycles. The molecule has 1 aromatic rings. The third kappa shape index (κ3) is 4.71. The third-order valence-corrected chi connectivity index (χ3v) is 7.06. The van der Waals surface area contributed by atoms with Crippen LogP contribution in [0.1, 0.15) is 30.4 Å². The van der Waals surface area contributed by atoms with E-state index in [-0.39, 0.29) is 23.7 Å². The van der Waals surface area contributed by atoms with Crippen molar-refractivity contribution >= 4 is 32.9 Å². The Morgan fingerprint density at radius 2 is 2.16 bits per heavy atom. The molecule has 0 aromatic heterocycles. The number of thiocarbonyl (C=S) groups is 1. The molecule has 0 aliphatic carbocycles. The van der Waals surface area contributed by atoms with E-state index in [4.69, 9.17) is 17.0 Å². The Bertz CT molecular complexity index is 743. The molecule has 0 amide bonds. The number of hydrogen-bond donors (Lipinski definition) is 1. The molecule has 25 heavy (non-hydrogen) atoms. The molecule has 2 fully saturated rings. The highest BCUT2D eigenvalue weighted by atomic mass is 32.2. The Kier molecular flexibility index (Phi) is 5.65. The van der Waals surface area contributed by atoms with Crippen LogP contribution in [-0.4, -0.2) is 55.2 Å². The van der Waals surface area contributed by atoms with Gasteiger partial charge in [0, 0.05) is 24.9 Å². The molecule has 0 saturated carbocycles. The van der Waals surface area contributed by atoms with Gasteiger partial charge >= 0.3 is 0 Å². The topological polar surface area (TPSA) is 58.6 Å². The van der Waals surface area contributed by atoms with Crippen LogP contribution in [-0.2, 0) is 14.6 Å². The molecule has 138 valence electrons. The number of rotatable bonds is 4. The Morgan fingerprint density at radius 3 is 2.80 bits per heavy atom. The number of nitrogens with one attached hydrogen (secondary N) is 1. The first kappa shape index (κ1) is 18.6. The third-order valence-electron chi connectivity index (χ3n) is 4.97. The van der Waals surface area contributed by atoms with Gasteiger partial charge < -0.3 is 15.0 Å². The fraction of sp³-hybridized carbons (Fsp3) is 0.611. The van der Waals surface area contributed by atoms with E-state index in [9.17, 15) is 8.42 Å². The minimum Gasteiger partial charge on any atom is -0.376 e. The molecule has 2 saturated heterocycles. The fourth-order valence-electron chi connectivity index (χ4n) is 3.48. The average molecular weight is 383 g/mol. The molecule has 5 nitrogen and oxygen atoms in total. The van der Waals surface area contributed by atoms with Gasteiger partial charge in [-0.1, -0.05) is 12.1 Å². The largest absolute Gasteiger partial charge is 0.376 e. The molecule has 2 heterocycles. The zero-order chi connectivity index (χ0) is 18.0. The SMILES string of the molecule is Cc1ccc(C)c(NC(=S)N(C[C@@H]2CCCO2)[C@H]2CCS(=O)(=O)C2)c1. The standard InChI is InChI=1S/C18H26N2O3S2/c1-13-5-6-14(2)17(10-13)19-18(24)20(11-16-4-3-8-23-16)15-7-9-25(21,22)12-15/h5-6,10,15-16H,3-4,7-9,11-12H2,1-2H3,(H,19,24)/t15-,16-/m0/s1. The minimum atomic E-state index is -2.97. The molecule has 0 radical (unpaired) electrons. The van der Waals surface area contributed by atoms with Crippen LogP contribution in [0.4, 0.5) is 5.69 Å². The van der Waals surface area contributed by atoms with E-state index >= 15 is 0 Å². The highest BCUT2D eigenvalue weighted by Gasteiger charge is 2.35. The van der Waals surface area contributed by atoms with Gasteiger partial charge in [-0.25, -0.2) is 8.42 Å². The maximum atomic E-state index is 11.9. The van der Waals surface area contributed by atoms with Crippen molar-refractivity contribution in [2.45, 2.75) is 45.3 Å². The van der Waals surface area contributed by atoms with E-state index in [2.05, 4.69) is 23.5 Å². The van der Waals surface area contributed by atoms with Crippen LogP contribution >= 0.6 is 12.2 Å². The summed E-state index contributed by atoms with van der Waals surface area (Å²) in [4.78, 5) is 2.04. The number of sulfone groups is 1. The highest BCUT2D eigenvalue weighted by molar-refractivity contribution is 7.91. The molecule has 2 aliphatic rings. The number of nitrogens with zero attached hydrogens (tertiary/aromatic N) is 1. The average Bonchev–Trinajstić information content (AvgIpc) is 3.17. The summed E-state index contributed by atoms with van der Waals surface area (Å²) in [5, 5.41) is 3.93. The summed E-state index contributed by atoms with van der Waals surface area (Å²) in [6, 6.07) is 6.12. The van der Waals surface area contributed by atoms with Crippen molar-refractivity contribution < 1.29 is 13.2 Å². The Labute approximate surface area is 155 Å². The van der Waals surface area contributed by atoms with Crippen LogP contribution in [0, 0.1) is 13.8 Å². The highest BCUT2D eigenvalue weighted by Crippen LogP contribution is 2.24. The van der Waals surface area contributed by atoms with Crippen LogP contribution in [0.2, 0.25) is 0 Å². The molecule has 0 unspecified atom stereocenters. The van der Waals surface area contributed by atoms with Gasteiger partial charge in [-0.2, -0.15) is 0 Å². The van der Waals surface area contributed by atoms with E-state index in [0.717, 1.165) is 36.3 Å². The first-order chi connectivity index (χ1) is 11.8. The Hall–Kier alpha value is -1.18. The van der Waals surface area contributed by atoms with E-state index in [0.29, 0.717) is 18.1 Å². The van der Waals surface area contributed by atoms with Crippen molar-refractivity contribution in [1.29, 1.82) is 0 Å². The van der Waals surface area contributed by atoms with Crippen molar-refractivity contribution in [2.24, 2.45) is 0 Å². The summed E-state index contributed by atoms with van der Waals surface area (Å²) in [5.41, 5.74) is 3.25. The van der Waals surface area contributed by atoms with Crippen LogP contribution in [0.15, 0.2) is 18.2 Å². The number of ether oxygens (including phenoxy) is 1. The van der Waals surface area contributed by atoms with Crippen molar-refractivity contribution in [3.63, 3.8) is 0 Å². The van der Waals surface area contributed by atoms with E-state index in [1.807, 2.05) is 18.7 Å². The normalized spacial score (nSPS) is 25.0. The van der Waals surface area contributed by atoms with Crippen LogP contribution in [0.3, 0.4) is 0 Å². The minimum absolute atomic E-state index is 0.0701. The molecular weight excluding hydrogens is 356 g/mol. The lowest BCUT2D eigenvalue weighted by Crippen LogP contribution is -2.47. The lowest BCUT2D eigenvalue weighted by atomic mass is 10.1. The summed E-state index contributed by atoms with van der Waals surface area (Å²) in [5.74, 6) is 0.417. The van der Waals surface area contributed by atoms with Crippen molar-refractivity contribution in [3.05, 3.63) is 29.3 Å². The smallest absolute Gasteiger partial charge is 0.173 e. The second kappa shape index (κ2) is 7.60. The summed E-state index contributed by atoms with van der Waals surface area (Å²) in [6.07, 6.45) is 2.81. The lowest BCUT2D eigenvalue weighted by molar-refractivity contribution is 0.0851. The Morgan fingerprint density at radius 1 is 1.36 bits per heavy atom. The molecule has 2 aliphatic heterocycles. The maximum Gasteiger partial charge on any atom is 0.173 e. The van der Waals surface area contributed by atoms with Gasteiger partial charge in [0.2, 0.25) is 0 Å². The predicted molar refractivity (Wildman–Crippen MR) is 105 cm³/mol. The van der Waals surface area contributed by atoms with Gasteiger partial charge in [-0.15, -0.1) is 0 Å². The number of anilines is 1. The molecule has 3 rings (SSSR count). The lowest BCUT2D eigenvalue weighted by Gasteiger charge is -2.33.